The van der Waals surface area contributed by atoms with Gasteiger partial charge in [-0.1, -0.05) is 42.5 Å². The Morgan fingerprint density at radius 3 is 2.44 bits per heavy atom. The average Bonchev–Trinajstić information content (AvgIpc) is 3.63. The molecule has 8 nitrogen and oxygen atoms in total. The van der Waals surface area contributed by atoms with Gasteiger partial charge >= 0.3 is 0 Å². The fourth-order valence-electron chi connectivity index (χ4n) is 4.88. The van der Waals surface area contributed by atoms with Gasteiger partial charge in [0.15, 0.2) is 0 Å². The predicted molar refractivity (Wildman–Crippen MR) is 152 cm³/mol. The number of methoxy groups -OCH3 is 1. The molecule has 2 aliphatic rings. The van der Waals surface area contributed by atoms with E-state index in [-0.39, 0.29) is 27.8 Å². The van der Waals surface area contributed by atoms with Crippen molar-refractivity contribution in [3.63, 3.8) is 0 Å². The smallest absolute Gasteiger partial charge is 0.255 e. The number of rotatable bonds is 9. The lowest BCUT2D eigenvalue weighted by Crippen LogP contribution is -2.30. The Kier molecular flexibility index (Phi) is 8.25. The third-order valence-electron chi connectivity index (χ3n) is 7.03. The number of sulfonamides is 1. The van der Waals surface area contributed by atoms with E-state index in [0.717, 1.165) is 24.8 Å². The van der Waals surface area contributed by atoms with Crippen LogP contribution in [0.2, 0.25) is 0 Å². The number of thioether (sulfide) groups is 1. The van der Waals surface area contributed by atoms with Crippen LogP contribution >= 0.6 is 11.8 Å². The van der Waals surface area contributed by atoms with Gasteiger partial charge < -0.3 is 15.0 Å². The highest BCUT2D eigenvalue weighted by molar-refractivity contribution is 8.00. The molecule has 3 aromatic rings. The summed E-state index contributed by atoms with van der Waals surface area (Å²) in [5.41, 5.74) is 2.84. The van der Waals surface area contributed by atoms with E-state index >= 15 is 0 Å². The molecule has 204 valence electrons. The van der Waals surface area contributed by atoms with E-state index in [1.54, 1.807) is 30.0 Å². The Balaban J connectivity index is 1.29. The van der Waals surface area contributed by atoms with E-state index in [1.807, 2.05) is 35.2 Å². The molecule has 0 aromatic heterocycles. The number of ether oxygens (including phenoxy) is 1. The molecule has 2 amide bonds. The molecule has 0 radical (unpaired) electrons. The maximum atomic E-state index is 13.1. The van der Waals surface area contributed by atoms with Gasteiger partial charge in [-0.3, -0.25) is 9.59 Å². The molecule has 2 saturated heterocycles. The molecule has 1 N–H and O–H groups in total. The number of hydrogen-bond donors (Lipinski definition) is 1. The summed E-state index contributed by atoms with van der Waals surface area (Å²) in [6.07, 6.45) is 2.46. The van der Waals surface area contributed by atoms with Gasteiger partial charge in [0, 0.05) is 25.2 Å². The minimum atomic E-state index is -3.64. The standard InChI is InChI=1S/C29H31N3O5S2/c1-37-26-14-13-24(39(35,36)31-16-5-6-17-31)19-25(26)30-28(34)22-9-11-23(12-10-22)29-32(27(33)20-38-29)18-15-21-7-3-2-4-8-21/h2-4,7-14,19,29H,5-6,15-18,20H2,1H3,(H,30,34)/t29-/m0/s1. The first kappa shape index (κ1) is 27.2. The Morgan fingerprint density at radius 2 is 1.74 bits per heavy atom. The van der Waals surface area contributed by atoms with E-state index in [9.17, 15) is 18.0 Å². The van der Waals surface area contributed by atoms with E-state index in [4.69, 9.17) is 4.74 Å². The van der Waals surface area contributed by atoms with Crippen LogP contribution in [-0.4, -0.2) is 61.9 Å². The van der Waals surface area contributed by atoms with Crippen molar-refractivity contribution in [1.29, 1.82) is 0 Å². The summed E-state index contributed by atoms with van der Waals surface area (Å²) in [5.74, 6) is 0.526. The fraction of sp³-hybridized carbons (Fsp3) is 0.310. The van der Waals surface area contributed by atoms with Crippen LogP contribution < -0.4 is 10.1 Å². The largest absolute Gasteiger partial charge is 0.495 e. The molecule has 3 aromatic carbocycles. The number of amides is 2. The molecule has 10 heteroatoms. The molecule has 0 aliphatic carbocycles. The normalized spacial score (nSPS) is 17.9. The molecular weight excluding hydrogens is 534 g/mol. The highest BCUT2D eigenvalue weighted by Gasteiger charge is 2.32. The zero-order valence-electron chi connectivity index (χ0n) is 21.7. The second-order valence-electron chi connectivity index (χ2n) is 9.54. The number of anilines is 1. The summed E-state index contributed by atoms with van der Waals surface area (Å²) in [4.78, 5) is 27.7. The van der Waals surface area contributed by atoms with Crippen LogP contribution in [0.3, 0.4) is 0 Å². The Morgan fingerprint density at radius 1 is 1.03 bits per heavy atom. The monoisotopic (exact) mass is 565 g/mol. The number of hydrogen-bond acceptors (Lipinski definition) is 6. The van der Waals surface area contributed by atoms with Gasteiger partial charge in [0.05, 0.1) is 23.4 Å². The first-order valence-electron chi connectivity index (χ1n) is 12.9. The summed E-state index contributed by atoms with van der Waals surface area (Å²) in [6, 6.07) is 21.8. The Hall–Kier alpha value is -3.34. The lowest BCUT2D eigenvalue weighted by Gasteiger charge is -2.24. The van der Waals surface area contributed by atoms with Gasteiger partial charge in [0.2, 0.25) is 15.9 Å². The van der Waals surface area contributed by atoms with Crippen LogP contribution in [0.4, 0.5) is 5.69 Å². The minimum absolute atomic E-state index is 0.106. The quantitative estimate of drug-likeness (QED) is 0.409. The summed E-state index contributed by atoms with van der Waals surface area (Å²) < 4.78 is 32.9. The van der Waals surface area contributed by atoms with E-state index < -0.39 is 10.0 Å². The van der Waals surface area contributed by atoms with Crippen LogP contribution in [-0.2, 0) is 21.2 Å². The van der Waals surface area contributed by atoms with Crippen molar-refractivity contribution in [3.05, 3.63) is 89.5 Å². The second-order valence-corrected chi connectivity index (χ2v) is 12.5. The topological polar surface area (TPSA) is 96.0 Å². The summed E-state index contributed by atoms with van der Waals surface area (Å²) in [5, 5.41) is 2.70. The van der Waals surface area contributed by atoms with Gasteiger partial charge in [0.1, 0.15) is 11.1 Å². The van der Waals surface area contributed by atoms with Crippen LogP contribution in [0.5, 0.6) is 5.75 Å². The maximum Gasteiger partial charge on any atom is 0.255 e. The first-order valence-corrected chi connectivity index (χ1v) is 15.4. The molecule has 2 heterocycles. The van der Waals surface area contributed by atoms with Gasteiger partial charge in [-0.25, -0.2) is 8.42 Å². The molecule has 0 unspecified atom stereocenters. The van der Waals surface area contributed by atoms with Crippen molar-refractivity contribution in [2.45, 2.75) is 29.5 Å². The SMILES string of the molecule is COc1ccc(S(=O)(=O)N2CCCC2)cc1NC(=O)c1ccc([C@@H]2SCC(=O)N2CCc2ccccc2)cc1. The van der Waals surface area contributed by atoms with Gasteiger partial charge in [0.25, 0.3) is 5.91 Å². The van der Waals surface area contributed by atoms with Gasteiger partial charge in [-0.15, -0.1) is 11.8 Å². The second kappa shape index (κ2) is 11.8. The van der Waals surface area contributed by atoms with Crippen molar-refractivity contribution >= 4 is 39.3 Å². The number of carbonyl (C=O) groups excluding carboxylic acids is 2. The fourth-order valence-corrected chi connectivity index (χ4v) is 7.65. The molecule has 1 atom stereocenters. The summed E-state index contributed by atoms with van der Waals surface area (Å²) >= 11 is 1.58. The van der Waals surface area contributed by atoms with E-state index in [1.165, 1.54) is 29.1 Å². The zero-order valence-corrected chi connectivity index (χ0v) is 23.3. The summed E-state index contributed by atoms with van der Waals surface area (Å²) in [6.45, 7) is 1.62. The van der Waals surface area contributed by atoms with Gasteiger partial charge in [-0.05, 0) is 60.7 Å². The van der Waals surface area contributed by atoms with Crippen molar-refractivity contribution < 1.29 is 22.7 Å². The molecule has 2 aliphatic heterocycles. The van der Waals surface area contributed by atoms with Crippen molar-refractivity contribution in [3.8, 4) is 5.75 Å². The molecule has 39 heavy (non-hydrogen) atoms. The first-order chi connectivity index (χ1) is 18.9. The molecular formula is C29H31N3O5S2. The summed E-state index contributed by atoms with van der Waals surface area (Å²) in [7, 11) is -2.17. The average molecular weight is 566 g/mol. The third kappa shape index (κ3) is 5.98. The van der Waals surface area contributed by atoms with Crippen LogP contribution in [0.25, 0.3) is 0 Å². The molecule has 0 saturated carbocycles. The highest BCUT2D eigenvalue weighted by atomic mass is 32.2. The number of carbonyl (C=O) groups is 2. The lowest BCUT2D eigenvalue weighted by molar-refractivity contribution is -0.128. The Labute approximate surface area is 233 Å². The lowest BCUT2D eigenvalue weighted by atomic mass is 10.1. The number of benzene rings is 3. The molecule has 0 bridgehead atoms. The van der Waals surface area contributed by atoms with Crippen molar-refractivity contribution in [1.82, 2.24) is 9.21 Å². The van der Waals surface area contributed by atoms with Crippen LogP contribution in [0.15, 0.2) is 77.7 Å². The van der Waals surface area contributed by atoms with Crippen molar-refractivity contribution in [2.75, 3.05) is 37.8 Å². The van der Waals surface area contributed by atoms with Crippen LogP contribution in [0, 0.1) is 0 Å². The Bertz CT molecular complexity index is 1440. The van der Waals surface area contributed by atoms with Gasteiger partial charge in [-0.2, -0.15) is 4.31 Å². The molecule has 2 fully saturated rings. The van der Waals surface area contributed by atoms with Crippen LogP contribution in [0.1, 0.15) is 39.7 Å². The van der Waals surface area contributed by atoms with Crippen molar-refractivity contribution in [2.24, 2.45) is 0 Å². The zero-order chi connectivity index (χ0) is 27.4. The third-order valence-corrected chi connectivity index (χ3v) is 10.2. The highest BCUT2D eigenvalue weighted by Crippen LogP contribution is 2.39. The predicted octanol–water partition coefficient (Wildman–Crippen LogP) is 4.55. The number of nitrogens with one attached hydrogen (secondary N) is 1. The number of nitrogens with zero attached hydrogens (tertiary/aromatic N) is 2. The van der Waals surface area contributed by atoms with E-state index in [2.05, 4.69) is 17.4 Å². The molecule has 5 rings (SSSR count). The minimum Gasteiger partial charge on any atom is -0.495 e. The maximum absolute atomic E-state index is 13.1. The molecule has 0 spiro atoms. The van der Waals surface area contributed by atoms with E-state index in [0.29, 0.717) is 36.7 Å².